The van der Waals surface area contributed by atoms with E-state index in [-0.39, 0.29) is 0 Å². The summed E-state index contributed by atoms with van der Waals surface area (Å²) in [6.07, 6.45) is 2.05. The van der Waals surface area contributed by atoms with Crippen LogP contribution < -0.4 is 0 Å². The molecule has 0 saturated carbocycles. The van der Waals surface area contributed by atoms with Crippen LogP contribution in [0.4, 0.5) is 0 Å². The highest BCUT2D eigenvalue weighted by Crippen LogP contribution is 2.29. The molecule has 1 aromatic rings. The maximum atomic E-state index is 6.03. The van der Waals surface area contributed by atoms with Gasteiger partial charge >= 0.3 is 0 Å². The molecule has 0 aliphatic rings. The SMILES string of the molecule is CC(C)C=C(Cl)Sc1ccccc1. The van der Waals surface area contributed by atoms with Gasteiger partial charge in [-0.1, -0.05) is 61.5 Å². The van der Waals surface area contributed by atoms with Crippen LogP contribution in [0.1, 0.15) is 13.8 Å². The first-order valence-corrected chi connectivity index (χ1v) is 5.48. The predicted octanol–water partition coefficient (Wildman–Crippen LogP) is 4.51. The molecular formula is C11H13ClS. The van der Waals surface area contributed by atoms with Crippen LogP contribution >= 0.6 is 23.4 Å². The Labute approximate surface area is 89.0 Å². The van der Waals surface area contributed by atoms with Crippen LogP contribution in [0.25, 0.3) is 0 Å². The maximum Gasteiger partial charge on any atom is 0.0745 e. The first kappa shape index (κ1) is 10.7. The Bertz CT molecular complexity index is 277. The van der Waals surface area contributed by atoms with Crippen LogP contribution in [0.5, 0.6) is 0 Å². The van der Waals surface area contributed by atoms with E-state index in [4.69, 9.17) is 11.6 Å². The highest BCUT2D eigenvalue weighted by atomic mass is 35.5. The van der Waals surface area contributed by atoms with Gasteiger partial charge in [0.1, 0.15) is 0 Å². The fourth-order valence-electron chi connectivity index (χ4n) is 0.897. The number of hydrogen-bond acceptors (Lipinski definition) is 1. The van der Waals surface area contributed by atoms with E-state index in [2.05, 4.69) is 32.1 Å². The van der Waals surface area contributed by atoms with Crippen molar-refractivity contribution in [3.8, 4) is 0 Å². The van der Waals surface area contributed by atoms with E-state index in [1.165, 1.54) is 4.90 Å². The van der Waals surface area contributed by atoms with Crippen molar-refractivity contribution in [1.29, 1.82) is 0 Å². The summed E-state index contributed by atoms with van der Waals surface area (Å²) in [5.41, 5.74) is 0. The third-order valence-corrected chi connectivity index (χ3v) is 2.62. The molecule has 0 bridgehead atoms. The lowest BCUT2D eigenvalue weighted by Gasteiger charge is -2.00. The van der Waals surface area contributed by atoms with Crippen molar-refractivity contribution >= 4 is 23.4 Å². The van der Waals surface area contributed by atoms with E-state index in [1.54, 1.807) is 11.8 Å². The van der Waals surface area contributed by atoms with Crippen LogP contribution in [-0.2, 0) is 0 Å². The Balaban J connectivity index is 2.60. The molecule has 0 unspecified atom stereocenters. The minimum atomic E-state index is 0.503. The Kier molecular flexibility index (Phi) is 4.40. The van der Waals surface area contributed by atoms with Gasteiger partial charge in [-0.25, -0.2) is 0 Å². The zero-order valence-corrected chi connectivity index (χ0v) is 9.40. The predicted molar refractivity (Wildman–Crippen MR) is 61.1 cm³/mol. The standard InChI is InChI=1S/C11H13ClS/c1-9(2)8-11(12)13-10-6-4-3-5-7-10/h3-9H,1-2H3. The Morgan fingerprint density at radius 1 is 1.31 bits per heavy atom. The molecule has 0 nitrogen and oxygen atoms in total. The lowest BCUT2D eigenvalue weighted by atomic mass is 10.2. The summed E-state index contributed by atoms with van der Waals surface area (Å²) in [5, 5.41) is 0. The third-order valence-electron chi connectivity index (χ3n) is 1.42. The highest BCUT2D eigenvalue weighted by Gasteiger charge is 1.97. The molecule has 0 radical (unpaired) electrons. The molecule has 0 aliphatic carbocycles. The van der Waals surface area contributed by atoms with E-state index < -0.39 is 0 Å². The van der Waals surface area contributed by atoms with Gasteiger partial charge in [-0.15, -0.1) is 0 Å². The van der Waals surface area contributed by atoms with Crippen LogP contribution in [0, 0.1) is 5.92 Å². The van der Waals surface area contributed by atoms with Gasteiger partial charge in [0.15, 0.2) is 0 Å². The highest BCUT2D eigenvalue weighted by molar-refractivity contribution is 8.04. The summed E-state index contributed by atoms with van der Waals surface area (Å²) in [4.78, 5) is 1.18. The summed E-state index contributed by atoms with van der Waals surface area (Å²) in [5.74, 6) is 0.503. The van der Waals surface area contributed by atoms with Gasteiger partial charge in [-0.3, -0.25) is 0 Å². The van der Waals surface area contributed by atoms with Crippen LogP contribution in [0.3, 0.4) is 0 Å². The third kappa shape index (κ3) is 4.39. The molecule has 0 heterocycles. The molecule has 13 heavy (non-hydrogen) atoms. The molecule has 0 aliphatic heterocycles. The lowest BCUT2D eigenvalue weighted by Crippen LogP contribution is -1.78. The molecule has 0 spiro atoms. The second-order valence-corrected chi connectivity index (χ2v) is 4.88. The van der Waals surface area contributed by atoms with Gasteiger partial charge in [0.2, 0.25) is 0 Å². The molecule has 0 atom stereocenters. The molecule has 70 valence electrons. The molecule has 1 aromatic carbocycles. The molecule has 0 aromatic heterocycles. The first-order valence-electron chi connectivity index (χ1n) is 4.28. The molecular weight excluding hydrogens is 200 g/mol. The van der Waals surface area contributed by atoms with Crippen LogP contribution in [0.15, 0.2) is 45.7 Å². The summed E-state index contributed by atoms with van der Waals surface area (Å²) in [6, 6.07) is 10.1. The van der Waals surface area contributed by atoms with Gasteiger partial charge in [0, 0.05) is 4.90 Å². The van der Waals surface area contributed by atoms with E-state index in [9.17, 15) is 0 Å². The van der Waals surface area contributed by atoms with E-state index in [0.717, 1.165) is 4.36 Å². The first-order chi connectivity index (χ1) is 6.18. The zero-order valence-electron chi connectivity index (χ0n) is 7.83. The summed E-state index contributed by atoms with van der Waals surface area (Å²) in [6.45, 7) is 4.24. The molecule has 0 fully saturated rings. The number of halogens is 1. The van der Waals surface area contributed by atoms with Gasteiger partial charge in [-0.05, 0) is 18.1 Å². The maximum absolute atomic E-state index is 6.03. The molecule has 0 saturated heterocycles. The van der Waals surface area contributed by atoms with Crippen molar-refractivity contribution < 1.29 is 0 Å². The normalized spacial score (nSPS) is 12.2. The largest absolute Gasteiger partial charge is 0.0780 e. The van der Waals surface area contributed by atoms with Gasteiger partial charge < -0.3 is 0 Å². The van der Waals surface area contributed by atoms with Crippen LogP contribution in [-0.4, -0.2) is 0 Å². The average molecular weight is 213 g/mol. The van der Waals surface area contributed by atoms with E-state index in [1.807, 2.05) is 18.2 Å². The van der Waals surface area contributed by atoms with Crippen molar-refractivity contribution in [3.63, 3.8) is 0 Å². The minimum absolute atomic E-state index is 0.503. The molecule has 1 rings (SSSR count). The fourth-order valence-corrected chi connectivity index (χ4v) is 2.28. The van der Waals surface area contributed by atoms with E-state index in [0.29, 0.717) is 5.92 Å². The van der Waals surface area contributed by atoms with Crippen molar-refractivity contribution in [2.75, 3.05) is 0 Å². The van der Waals surface area contributed by atoms with Gasteiger partial charge in [0.05, 0.1) is 4.36 Å². The molecule has 0 N–H and O–H groups in total. The number of allylic oxidation sites excluding steroid dienone is 1. The van der Waals surface area contributed by atoms with E-state index >= 15 is 0 Å². The Hall–Kier alpha value is -0.400. The van der Waals surface area contributed by atoms with Crippen molar-refractivity contribution in [3.05, 3.63) is 40.8 Å². The lowest BCUT2D eigenvalue weighted by molar-refractivity contribution is 0.832. The second-order valence-electron chi connectivity index (χ2n) is 3.13. The number of thioether (sulfide) groups is 1. The van der Waals surface area contributed by atoms with Crippen molar-refractivity contribution in [2.45, 2.75) is 18.7 Å². The quantitative estimate of drug-likeness (QED) is 0.665. The number of rotatable bonds is 3. The van der Waals surface area contributed by atoms with Crippen molar-refractivity contribution in [1.82, 2.24) is 0 Å². The number of hydrogen-bond donors (Lipinski definition) is 0. The van der Waals surface area contributed by atoms with Gasteiger partial charge in [-0.2, -0.15) is 0 Å². The smallest absolute Gasteiger partial charge is 0.0745 e. The monoisotopic (exact) mass is 212 g/mol. The minimum Gasteiger partial charge on any atom is -0.0780 e. The fraction of sp³-hybridized carbons (Fsp3) is 0.273. The topological polar surface area (TPSA) is 0 Å². The van der Waals surface area contributed by atoms with Crippen molar-refractivity contribution in [2.24, 2.45) is 5.92 Å². The molecule has 2 heteroatoms. The molecule has 0 amide bonds. The van der Waals surface area contributed by atoms with Gasteiger partial charge in [0.25, 0.3) is 0 Å². The average Bonchev–Trinajstić information content (AvgIpc) is 2.04. The summed E-state index contributed by atoms with van der Waals surface area (Å²) in [7, 11) is 0. The number of benzene rings is 1. The second kappa shape index (κ2) is 5.36. The Morgan fingerprint density at radius 3 is 2.46 bits per heavy atom. The summed E-state index contributed by atoms with van der Waals surface area (Å²) < 4.78 is 0.848. The Morgan fingerprint density at radius 2 is 1.92 bits per heavy atom. The van der Waals surface area contributed by atoms with Crippen LogP contribution in [0.2, 0.25) is 0 Å². The zero-order chi connectivity index (χ0) is 9.68. The summed E-state index contributed by atoms with van der Waals surface area (Å²) >= 11 is 7.63.